The second-order valence-electron chi connectivity index (χ2n) is 3.69. The summed E-state index contributed by atoms with van der Waals surface area (Å²) in [4.78, 5) is 4.03. The smallest absolute Gasteiger partial charge is 0.153 e. The number of aromatic hydroxyl groups is 1. The van der Waals surface area contributed by atoms with Gasteiger partial charge in [-0.1, -0.05) is 0 Å². The highest BCUT2D eigenvalue weighted by Gasteiger charge is 2.07. The molecule has 2 heterocycles. The SMILES string of the molecule is Oc1ccc(-c2cc3cc(F)ccc3o2)nc1. The Hall–Kier alpha value is -2.36. The van der Waals surface area contributed by atoms with Crippen LogP contribution in [0.15, 0.2) is 47.0 Å². The van der Waals surface area contributed by atoms with Crippen LogP contribution in [0.25, 0.3) is 22.4 Å². The van der Waals surface area contributed by atoms with Crippen molar-refractivity contribution in [3.8, 4) is 17.2 Å². The van der Waals surface area contributed by atoms with E-state index in [0.717, 1.165) is 0 Å². The number of nitrogens with zero attached hydrogens (tertiary/aromatic N) is 1. The fourth-order valence-corrected chi connectivity index (χ4v) is 1.67. The monoisotopic (exact) mass is 229 g/mol. The number of fused-ring (bicyclic) bond motifs is 1. The van der Waals surface area contributed by atoms with Crippen LogP contribution in [0, 0.1) is 5.82 Å². The highest BCUT2D eigenvalue weighted by molar-refractivity contribution is 5.82. The molecule has 0 bridgehead atoms. The Morgan fingerprint density at radius 1 is 1.12 bits per heavy atom. The standard InChI is InChI=1S/C13H8FNO2/c14-9-1-4-12-8(5-9)6-13(17-12)11-3-2-10(16)7-15-11/h1-7,16H. The Morgan fingerprint density at radius 2 is 2.00 bits per heavy atom. The van der Waals surface area contributed by atoms with Crippen LogP contribution >= 0.6 is 0 Å². The van der Waals surface area contributed by atoms with E-state index in [1.165, 1.54) is 24.4 Å². The number of rotatable bonds is 1. The number of hydrogen-bond donors (Lipinski definition) is 1. The van der Waals surface area contributed by atoms with Gasteiger partial charge in [-0.05, 0) is 36.4 Å². The highest BCUT2D eigenvalue weighted by atomic mass is 19.1. The molecular formula is C13H8FNO2. The topological polar surface area (TPSA) is 46.3 Å². The quantitative estimate of drug-likeness (QED) is 0.696. The minimum atomic E-state index is -0.302. The molecule has 0 atom stereocenters. The molecule has 0 spiro atoms. The predicted octanol–water partition coefficient (Wildman–Crippen LogP) is 3.34. The van der Waals surface area contributed by atoms with Crippen molar-refractivity contribution in [1.82, 2.24) is 4.98 Å². The average Bonchev–Trinajstić information content (AvgIpc) is 2.72. The molecule has 4 heteroatoms. The van der Waals surface area contributed by atoms with E-state index in [-0.39, 0.29) is 11.6 Å². The minimum absolute atomic E-state index is 0.0934. The van der Waals surface area contributed by atoms with Crippen LogP contribution in [0.3, 0.4) is 0 Å². The second-order valence-corrected chi connectivity index (χ2v) is 3.69. The van der Waals surface area contributed by atoms with E-state index in [0.29, 0.717) is 22.4 Å². The molecule has 0 aliphatic heterocycles. The first-order valence-corrected chi connectivity index (χ1v) is 5.07. The van der Waals surface area contributed by atoms with Crippen LogP contribution in [-0.4, -0.2) is 10.1 Å². The summed E-state index contributed by atoms with van der Waals surface area (Å²) >= 11 is 0. The van der Waals surface area contributed by atoms with Gasteiger partial charge in [0, 0.05) is 5.39 Å². The molecule has 84 valence electrons. The first-order chi connectivity index (χ1) is 8.22. The van der Waals surface area contributed by atoms with Crippen molar-refractivity contribution in [3.63, 3.8) is 0 Å². The Kier molecular flexibility index (Phi) is 2.08. The number of aromatic nitrogens is 1. The lowest BCUT2D eigenvalue weighted by Crippen LogP contribution is -1.78. The third-order valence-electron chi connectivity index (χ3n) is 2.48. The van der Waals surface area contributed by atoms with Gasteiger partial charge in [0.05, 0.1) is 6.20 Å². The van der Waals surface area contributed by atoms with Crippen molar-refractivity contribution < 1.29 is 13.9 Å². The lowest BCUT2D eigenvalue weighted by atomic mass is 10.2. The van der Waals surface area contributed by atoms with Gasteiger partial charge in [-0.2, -0.15) is 0 Å². The summed E-state index contributed by atoms with van der Waals surface area (Å²) in [5.41, 5.74) is 1.20. The Balaban J connectivity index is 2.14. The molecule has 0 radical (unpaired) electrons. The number of pyridine rings is 1. The Bertz CT molecular complexity index is 673. The minimum Gasteiger partial charge on any atom is -0.506 e. The Morgan fingerprint density at radius 3 is 2.76 bits per heavy atom. The molecule has 0 fully saturated rings. The zero-order valence-electron chi connectivity index (χ0n) is 8.72. The van der Waals surface area contributed by atoms with Gasteiger partial charge in [0.2, 0.25) is 0 Å². The first kappa shape index (κ1) is 9.84. The highest BCUT2D eigenvalue weighted by Crippen LogP contribution is 2.27. The van der Waals surface area contributed by atoms with Crippen LogP contribution in [-0.2, 0) is 0 Å². The van der Waals surface area contributed by atoms with Gasteiger partial charge in [-0.25, -0.2) is 9.37 Å². The number of halogens is 1. The maximum atomic E-state index is 13.0. The number of furan rings is 1. The van der Waals surface area contributed by atoms with Gasteiger partial charge < -0.3 is 9.52 Å². The van der Waals surface area contributed by atoms with Crippen LogP contribution in [0.5, 0.6) is 5.75 Å². The summed E-state index contributed by atoms with van der Waals surface area (Å²) in [7, 11) is 0. The van der Waals surface area contributed by atoms with Gasteiger partial charge >= 0.3 is 0 Å². The third-order valence-corrected chi connectivity index (χ3v) is 2.48. The van der Waals surface area contributed by atoms with Gasteiger partial charge in [0.25, 0.3) is 0 Å². The number of hydrogen-bond acceptors (Lipinski definition) is 3. The van der Waals surface area contributed by atoms with Gasteiger partial charge in [0.15, 0.2) is 5.76 Å². The largest absolute Gasteiger partial charge is 0.506 e. The second kappa shape index (κ2) is 3.59. The summed E-state index contributed by atoms with van der Waals surface area (Å²) in [6, 6.07) is 9.22. The van der Waals surface area contributed by atoms with Gasteiger partial charge in [0.1, 0.15) is 22.8 Å². The molecule has 0 aliphatic rings. The molecule has 0 saturated carbocycles. The summed E-state index contributed by atoms with van der Waals surface area (Å²) in [5, 5.41) is 9.83. The van der Waals surface area contributed by atoms with E-state index in [9.17, 15) is 4.39 Å². The molecular weight excluding hydrogens is 221 g/mol. The molecule has 0 amide bonds. The molecule has 3 aromatic rings. The molecule has 3 nitrogen and oxygen atoms in total. The van der Waals surface area contributed by atoms with E-state index in [2.05, 4.69) is 4.98 Å². The normalized spacial score (nSPS) is 10.9. The maximum Gasteiger partial charge on any atom is 0.153 e. The van der Waals surface area contributed by atoms with Crippen molar-refractivity contribution in [2.45, 2.75) is 0 Å². The fourth-order valence-electron chi connectivity index (χ4n) is 1.67. The molecule has 1 N–H and O–H groups in total. The van der Waals surface area contributed by atoms with E-state index in [1.54, 1.807) is 18.2 Å². The van der Waals surface area contributed by atoms with Crippen LogP contribution < -0.4 is 0 Å². The molecule has 0 unspecified atom stereocenters. The lowest BCUT2D eigenvalue weighted by Gasteiger charge is -1.94. The first-order valence-electron chi connectivity index (χ1n) is 5.07. The van der Waals surface area contributed by atoms with Crippen LogP contribution in [0.1, 0.15) is 0 Å². The zero-order chi connectivity index (χ0) is 11.8. The van der Waals surface area contributed by atoms with E-state index in [4.69, 9.17) is 9.52 Å². The molecule has 0 aliphatic carbocycles. The lowest BCUT2D eigenvalue weighted by molar-refractivity contribution is 0.472. The molecule has 1 aromatic carbocycles. The van der Waals surface area contributed by atoms with Crippen molar-refractivity contribution in [1.29, 1.82) is 0 Å². The maximum absolute atomic E-state index is 13.0. The van der Waals surface area contributed by atoms with Crippen molar-refractivity contribution in [2.24, 2.45) is 0 Å². The molecule has 3 rings (SSSR count). The summed E-state index contributed by atoms with van der Waals surface area (Å²) < 4.78 is 18.5. The predicted molar refractivity (Wildman–Crippen MR) is 61.1 cm³/mol. The van der Waals surface area contributed by atoms with Crippen molar-refractivity contribution >= 4 is 11.0 Å². The zero-order valence-corrected chi connectivity index (χ0v) is 8.72. The molecule has 2 aromatic heterocycles. The fraction of sp³-hybridized carbons (Fsp3) is 0. The molecule has 0 saturated heterocycles. The van der Waals surface area contributed by atoms with E-state index in [1.807, 2.05) is 0 Å². The summed E-state index contributed by atoms with van der Waals surface area (Å²) in [5.74, 6) is 0.338. The van der Waals surface area contributed by atoms with Crippen LogP contribution in [0.2, 0.25) is 0 Å². The van der Waals surface area contributed by atoms with Crippen LogP contribution in [0.4, 0.5) is 4.39 Å². The van der Waals surface area contributed by atoms with Crippen molar-refractivity contribution in [3.05, 3.63) is 48.4 Å². The molecule has 17 heavy (non-hydrogen) atoms. The summed E-state index contributed by atoms with van der Waals surface area (Å²) in [6.45, 7) is 0. The third kappa shape index (κ3) is 1.73. The average molecular weight is 229 g/mol. The van der Waals surface area contributed by atoms with E-state index < -0.39 is 0 Å². The van der Waals surface area contributed by atoms with Gasteiger partial charge in [-0.15, -0.1) is 0 Å². The van der Waals surface area contributed by atoms with E-state index >= 15 is 0 Å². The Labute approximate surface area is 96.1 Å². The van der Waals surface area contributed by atoms with Gasteiger partial charge in [-0.3, -0.25) is 0 Å². The van der Waals surface area contributed by atoms with Crippen molar-refractivity contribution in [2.75, 3.05) is 0 Å². The number of benzene rings is 1. The summed E-state index contributed by atoms with van der Waals surface area (Å²) in [6.07, 6.45) is 1.34.